The Morgan fingerprint density at radius 3 is 1.20 bits per heavy atom. The molecule has 0 spiro atoms. The van der Waals surface area contributed by atoms with E-state index in [4.69, 9.17) is 10.2 Å². The van der Waals surface area contributed by atoms with Crippen molar-refractivity contribution in [3.8, 4) is 0 Å². The van der Waals surface area contributed by atoms with Crippen molar-refractivity contribution in [2.24, 2.45) is 0 Å². The Hall–Kier alpha value is -2.20. The predicted molar refractivity (Wildman–Crippen MR) is 51.6 cm³/mol. The first-order valence-corrected chi connectivity index (χ1v) is 4.28. The summed E-state index contributed by atoms with van der Waals surface area (Å²) in [6.45, 7) is 6.51. The molecule has 20 heavy (non-hydrogen) atoms. The van der Waals surface area contributed by atoms with Crippen molar-refractivity contribution in [3.63, 3.8) is 0 Å². The largest absolute Gasteiger partial charge is 0.477 e. The van der Waals surface area contributed by atoms with Gasteiger partial charge < -0.3 is 14.9 Å². The van der Waals surface area contributed by atoms with Crippen molar-refractivity contribution in [3.05, 3.63) is 25.7 Å². The third-order valence-electron chi connectivity index (χ3n) is 1.52. The van der Waals surface area contributed by atoms with Crippen LogP contribution in [-0.4, -0.2) is 39.9 Å². The van der Waals surface area contributed by atoms with Gasteiger partial charge in [-0.25, -0.2) is 9.59 Å². The summed E-state index contributed by atoms with van der Waals surface area (Å²) < 4.78 is 77.1. The van der Waals surface area contributed by atoms with Gasteiger partial charge in [0.2, 0.25) is 0 Å². The van der Waals surface area contributed by atoms with Crippen molar-refractivity contribution in [2.45, 2.75) is 17.8 Å². The summed E-state index contributed by atoms with van der Waals surface area (Å²) in [5.41, 5.74) is 0. The van der Waals surface area contributed by atoms with Gasteiger partial charge in [-0.15, -0.1) is 0 Å². The van der Waals surface area contributed by atoms with Gasteiger partial charge in [0.25, 0.3) is 0 Å². The van der Waals surface area contributed by atoms with Crippen molar-refractivity contribution >= 4 is 11.9 Å². The van der Waals surface area contributed by atoms with E-state index in [9.17, 15) is 35.9 Å². The molecule has 0 atom stereocenters. The highest BCUT2D eigenvalue weighted by atomic mass is 19.3. The van der Waals surface area contributed by atoms with E-state index in [1.54, 1.807) is 0 Å². The van der Waals surface area contributed by atoms with Crippen LogP contribution in [0.5, 0.6) is 0 Å². The average molecular weight is 310 g/mol. The number of ether oxygens (including phenoxy) is 1. The number of hydrogen-bond acceptors (Lipinski definition) is 3. The summed E-state index contributed by atoms with van der Waals surface area (Å²) in [6, 6.07) is 0. The minimum atomic E-state index is -6.53. The lowest BCUT2D eigenvalue weighted by atomic mass is 10.1. The normalized spacial score (nSPS) is 11.7. The maximum absolute atomic E-state index is 12.2. The van der Waals surface area contributed by atoms with Crippen LogP contribution in [0.1, 0.15) is 0 Å². The SMILES string of the molecule is C=COC=C.O=C(O)C(F)(F)C(F)(F)C(F)(F)C(=O)O. The zero-order chi connectivity index (χ0) is 16.8. The number of alkyl halides is 6. The number of aliphatic carboxylic acids is 2. The molecule has 0 aliphatic heterocycles. The molecule has 0 unspecified atom stereocenters. The average Bonchev–Trinajstić information content (AvgIpc) is 2.29. The molecule has 0 rings (SSSR count). The lowest BCUT2D eigenvalue weighted by Crippen LogP contribution is -2.60. The topological polar surface area (TPSA) is 83.8 Å². The van der Waals surface area contributed by atoms with Gasteiger partial charge in [-0.2, -0.15) is 26.3 Å². The fourth-order valence-corrected chi connectivity index (χ4v) is 0.534. The predicted octanol–water partition coefficient (Wildman–Crippen LogP) is 2.35. The number of hydrogen-bond donors (Lipinski definition) is 2. The van der Waals surface area contributed by atoms with Gasteiger partial charge in [-0.05, 0) is 0 Å². The van der Waals surface area contributed by atoms with E-state index in [0.29, 0.717) is 0 Å². The Labute approximate surface area is 107 Å². The maximum Gasteiger partial charge on any atom is 0.411 e. The first-order chi connectivity index (χ1) is 8.80. The Morgan fingerprint density at radius 1 is 0.850 bits per heavy atom. The minimum absolute atomic E-state index is 1.31. The van der Waals surface area contributed by atoms with Crippen LogP contribution in [0.3, 0.4) is 0 Å². The summed E-state index contributed by atoms with van der Waals surface area (Å²) in [6.07, 6.45) is 2.62. The molecule has 0 amide bonds. The summed E-state index contributed by atoms with van der Waals surface area (Å²) in [5, 5.41) is 15.1. The molecule has 0 heterocycles. The molecule has 116 valence electrons. The zero-order valence-corrected chi connectivity index (χ0v) is 9.46. The van der Waals surface area contributed by atoms with Gasteiger partial charge in [-0.3, -0.25) is 0 Å². The number of rotatable bonds is 6. The highest BCUT2D eigenvalue weighted by Crippen LogP contribution is 2.45. The fourth-order valence-electron chi connectivity index (χ4n) is 0.534. The molecule has 2 N–H and O–H groups in total. The molecule has 11 heteroatoms. The standard InChI is InChI=1S/C5H2F6O4.C4H6O/c6-3(7,1(12)13)5(10,11)4(8,9)2(14)15;1-3-5-4-2/h(H,12,13)(H,14,15);3-4H,1-2H2. The molecule has 0 aliphatic carbocycles. The fraction of sp³-hybridized carbons (Fsp3) is 0.333. The zero-order valence-electron chi connectivity index (χ0n) is 9.46. The van der Waals surface area contributed by atoms with Crippen molar-refractivity contribution < 1.29 is 50.9 Å². The maximum atomic E-state index is 12.2. The van der Waals surface area contributed by atoms with Crippen molar-refractivity contribution in [1.29, 1.82) is 0 Å². The van der Waals surface area contributed by atoms with E-state index in [0.717, 1.165) is 0 Å². The van der Waals surface area contributed by atoms with E-state index in [1.165, 1.54) is 12.5 Å². The van der Waals surface area contributed by atoms with Gasteiger partial charge in [0.15, 0.2) is 0 Å². The summed E-state index contributed by atoms with van der Waals surface area (Å²) >= 11 is 0. The van der Waals surface area contributed by atoms with Crippen LogP contribution < -0.4 is 0 Å². The van der Waals surface area contributed by atoms with Gasteiger partial charge in [0.05, 0.1) is 12.5 Å². The lowest BCUT2D eigenvalue weighted by molar-refractivity contribution is -0.298. The third-order valence-corrected chi connectivity index (χ3v) is 1.52. The number of carbonyl (C=O) groups is 2. The van der Waals surface area contributed by atoms with E-state index in [-0.39, 0.29) is 0 Å². The number of carboxylic acid groups (broad SMARTS) is 2. The van der Waals surface area contributed by atoms with E-state index >= 15 is 0 Å². The van der Waals surface area contributed by atoms with E-state index in [2.05, 4.69) is 17.9 Å². The van der Waals surface area contributed by atoms with E-state index < -0.39 is 29.7 Å². The number of carboxylic acids is 2. The van der Waals surface area contributed by atoms with E-state index in [1.807, 2.05) is 0 Å². The molecule has 0 aliphatic rings. The molecule has 0 bridgehead atoms. The summed E-state index contributed by atoms with van der Waals surface area (Å²) in [5.74, 6) is -26.0. The van der Waals surface area contributed by atoms with Crippen LogP contribution in [0.2, 0.25) is 0 Å². The van der Waals surface area contributed by atoms with Crippen LogP contribution in [0.15, 0.2) is 25.7 Å². The second-order valence-electron chi connectivity index (χ2n) is 2.80. The smallest absolute Gasteiger partial charge is 0.411 e. The van der Waals surface area contributed by atoms with Gasteiger partial charge in [0, 0.05) is 0 Å². The summed E-state index contributed by atoms with van der Waals surface area (Å²) in [7, 11) is 0. The van der Waals surface area contributed by atoms with Crippen molar-refractivity contribution in [1.82, 2.24) is 0 Å². The quantitative estimate of drug-likeness (QED) is 0.581. The van der Waals surface area contributed by atoms with Gasteiger partial charge >= 0.3 is 29.7 Å². The molecule has 0 saturated heterocycles. The Kier molecular flexibility index (Phi) is 6.86. The molecule has 0 aromatic carbocycles. The highest BCUT2D eigenvalue weighted by Gasteiger charge is 2.78. The first-order valence-electron chi connectivity index (χ1n) is 4.28. The van der Waals surface area contributed by atoms with Crippen LogP contribution in [0.4, 0.5) is 26.3 Å². The van der Waals surface area contributed by atoms with Crippen LogP contribution in [0.25, 0.3) is 0 Å². The third kappa shape index (κ3) is 3.90. The Balaban J connectivity index is 0. The number of halogens is 6. The second-order valence-corrected chi connectivity index (χ2v) is 2.80. The molecule has 5 nitrogen and oxygen atoms in total. The van der Waals surface area contributed by atoms with Crippen LogP contribution >= 0.6 is 0 Å². The second kappa shape index (κ2) is 6.82. The van der Waals surface area contributed by atoms with Gasteiger partial charge in [0.1, 0.15) is 0 Å². The molecule has 0 fully saturated rings. The Morgan fingerprint density at radius 2 is 1.10 bits per heavy atom. The molecular formula is C9H8F6O5. The van der Waals surface area contributed by atoms with Crippen LogP contribution in [0, 0.1) is 0 Å². The monoisotopic (exact) mass is 310 g/mol. The molecule has 0 saturated carbocycles. The minimum Gasteiger partial charge on any atom is -0.477 e. The molecular weight excluding hydrogens is 302 g/mol. The first kappa shape index (κ1) is 20.1. The summed E-state index contributed by atoms with van der Waals surface area (Å²) in [4.78, 5) is 19.2. The molecule has 0 aromatic heterocycles. The lowest BCUT2D eigenvalue weighted by Gasteiger charge is -2.27. The molecule has 0 radical (unpaired) electrons. The highest BCUT2D eigenvalue weighted by molar-refractivity contribution is 5.82. The molecule has 0 aromatic rings. The van der Waals surface area contributed by atoms with Gasteiger partial charge in [-0.1, -0.05) is 13.2 Å². The Bertz CT molecular complexity index is 358. The van der Waals surface area contributed by atoms with Crippen LogP contribution in [-0.2, 0) is 14.3 Å². The van der Waals surface area contributed by atoms with Crippen molar-refractivity contribution in [2.75, 3.05) is 0 Å².